The molecular formula is C45H54Cl2Zr-2. The molecule has 2 aliphatic carbocycles. The summed E-state index contributed by atoms with van der Waals surface area (Å²) in [5.74, 6) is 0.522. The van der Waals surface area contributed by atoms with Gasteiger partial charge in [-0.3, -0.25) is 6.08 Å². The van der Waals surface area contributed by atoms with Gasteiger partial charge >= 0.3 is 93.2 Å². The van der Waals surface area contributed by atoms with Crippen molar-refractivity contribution in [2.24, 2.45) is 11.3 Å². The van der Waals surface area contributed by atoms with Crippen molar-refractivity contribution >= 4 is 14.0 Å². The van der Waals surface area contributed by atoms with Gasteiger partial charge in [0.25, 0.3) is 0 Å². The molecule has 0 aromatic heterocycles. The van der Waals surface area contributed by atoms with E-state index in [0.717, 1.165) is 6.42 Å². The van der Waals surface area contributed by atoms with Crippen molar-refractivity contribution in [2.75, 3.05) is 0 Å². The summed E-state index contributed by atoms with van der Waals surface area (Å²) < 4.78 is 1.46. The van der Waals surface area contributed by atoms with E-state index in [9.17, 15) is 0 Å². The molecule has 254 valence electrons. The first-order valence-electron chi connectivity index (χ1n) is 16.8. The molecule has 0 saturated carbocycles. The van der Waals surface area contributed by atoms with Gasteiger partial charge in [-0.1, -0.05) is 111 Å². The van der Waals surface area contributed by atoms with Crippen molar-refractivity contribution in [3.8, 4) is 11.1 Å². The Labute approximate surface area is 320 Å². The fourth-order valence-corrected chi connectivity index (χ4v) is 6.88. The van der Waals surface area contributed by atoms with Gasteiger partial charge in [0.15, 0.2) is 0 Å². The molecule has 1 atom stereocenters. The molecule has 3 heteroatoms. The van der Waals surface area contributed by atoms with Gasteiger partial charge in [0.2, 0.25) is 0 Å². The van der Waals surface area contributed by atoms with Crippen LogP contribution in [-0.4, -0.2) is 3.21 Å². The summed E-state index contributed by atoms with van der Waals surface area (Å²) in [5.41, 5.74) is 14.7. The van der Waals surface area contributed by atoms with Crippen molar-refractivity contribution in [1.29, 1.82) is 0 Å². The molecule has 0 spiro atoms. The van der Waals surface area contributed by atoms with Crippen molar-refractivity contribution in [3.05, 3.63) is 129 Å². The summed E-state index contributed by atoms with van der Waals surface area (Å²) in [6.07, 6.45) is 8.68. The fraction of sp³-hybridized carbons (Fsp3) is 0.400. The maximum Gasteiger partial charge on any atom is -0.0129 e. The molecule has 0 saturated heterocycles. The molecule has 0 amide bonds. The van der Waals surface area contributed by atoms with Crippen molar-refractivity contribution in [1.82, 2.24) is 0 Å². The second-order valence-electron chi connectivity index (χ2n) is 16.4. The average molecular weight is 757 g/mol. The van der Waals surface area contributed by atoms with Gasteiger partial charge < -0.3 is 24.8 Å². The third-order valence-electron chi connectivity index (χ3n) is 9.06. The minimum absolute atomic E-state index is 0. The Bertz CT molecular complexity index is 1750. The van der Waals surface area contributed by atoms with E-state index in [1.807, 2.05) is 0 Å². The van der Waals surface area contributed by atoms with Crippen LogP contribution in [0.2, 0.25) is 0 Å². The van der Waals surface area contributed by atoms with E-state index >= 15 is 0 Å². The number of halogens is 2. The van der Waals surface area contributed by atoms with Crippen LogP contribution in [0.1, 0.15) is 115 Å². The van der Waals surface area contributed by atoms with E-state index in [2.05, 4.69) is 175 Å². The second-order valence-corrected chi connectivity index (χ2v) is 18.2. The van der Waals surface area contributed by atoms with Gasteiger partial charge in [0.05, 0.1) is 0 Å². The van der Waals surface area contributed by atoms with E-state index in [1.54, 1.807) is 0 Å². The molecule has 0 radical (unpaired) electrons. The maximum absolute atomic E-state index is 3.69. The number of hydrogen-bond acceptors (Lipinski definition) is 0. The zero-order chi connectivity index (χ0) is 34.2. The Hall–Kier alpha value is -2.05. The number of allylic oxidation sites excluding steroid dienone is 4. The number of rotatable bonds is 1. The second kappa shape index (κ2) is 16.3. The van der Waals surface area contributed by atoms with Gasteiger partial charge in [0.1, 0.15) is 0 Å². The van der Waals surface area contributed by atoms with Crippen LogP contribution in [0.5, 0.6) is 0 Å². The zero-order valence-electron chi connectivity index (χ0n) is 31.5. The molecule has 0 aliphatic heterocycles. The van der Waals surface area contributed by atoms with Crippen LogP contribution in [-0.2, 0) is 41.5 Å². The standard InChI is InChI=1S/C23H29.C12H10.C10H15.2ClH.Zr/c1-14-9-16-11-17-10-15(2)21(23(6,7)8)13-19(17)18(16)12-20(14)22(3,4)5;1-2-10-7-8-11-5-3-4-6-12(11)9-10;1-8-5-6-9(7-8)10(2,3)4;;;/h9,12-13H,11H2,1-8H3;3-9H,1H3;6-8H,1-4H3;2*1H;/q-1;;-1;;;+2/p-2. The van der Waals surface area contributed by atoms with Crippen LogP contribution in [0.15, 0.2) is 78.4 Å². The SMILES string of the molecule is CC1[C-]=CC(C(C)(C)C)=C1.C[C](=[Zr+2])c1ccc2ccccc2c1.Cc1[c-]c2c(cc1C(C)(C)C)-c1cc(C(C)(C)C)c(C)cc1C2.[Cl-].[Cl-]. The summed E-state index contributed by atoms with van der Waals surface area (Å²) in [6.45, 7) is 29.3. The van der Waals surface area contributed by atoms with E-state index in [1.165, 1.54) is 93.9 Å². The quantitative estimate of drug-likeness (QED) is 0.180. The smallest absolute Gasteiger partial charge is 0.0129 e. The van der Waals surface area contributed by atoms with Gasteiger partial charge in [-0.05, 0) is 35.4 Å². The third-order valence-corrected chi connectivity index (χ3v) is 9.77. The largest absolute Gasteiger partial charge is 1.00 e. The topological polar surface area (TPSA) is 0 Å². The normalized spacial score (nSPS) is 14.7. The first-order valence-corrected chi connectivity index (χ1v) is 18.0. The van der Waals surface area contributed by atoms with Crippen LogP contribution < -0.4 is 24.8 Å². The van der Waals surface area contributed by atoms with E-state index in [4.69, 9.17) is 0 Å². The average Bonchev–Trinajstić information content (AvgIpc) is 3.54. The fourth-order valence-electron chi connectivity index (χ4n) is 6.50. The van der Waals surface area contributed by atoms with Gasteiger partial charge in [-0.2, -0.15) is 29.3 Å². The summed E-state index contributed by atoms with van der Waals surface area (Å²) >= 11 is 1.50. The Morgan fingerprint density at radius 1 is 0.729 bits per heavy atom. The molecule has 48 heavy (non-hydrogen) atoms. The molecule has 6 rings (SSSR count). The Balaban J connectivity index is 0.000000272. The number of fused-ring (bicyclic) bond motifs is 4. The Morgan fingerprint density at radius 3 is 1.81 bits per heavy atom. The van der Waals surface area contributed by atoms with Crippen molar-refractivity contribution < 1.29 is 49.0 Å². The minimum Gasteiger partial charge on any atom is -1.00 e. The molecule has 0 nitrogen and oxygen atoms in total. The van der Waals surface area contributed by atoms with Crippen LogP contribution in [0.4, 0.5) is 0 Å². The Morgan fingerprint density at radius 2 is 1.31 bits per heavy atom. The third kappa shape index (κ3) is 10.2. The van der Waals surface area contributed by atoms with E-state index < -0.39 is 0 Å². The zero-order valence-corrected chi connectivity index (χ0v) is 35.4. The molecule has 0 bridgehead atoms. The summed E-state index contributed by atoms with van der Waals surface area (Å²) in [7, 11) is 0. The van der Waals surface area contributed by atoms with Crippen molar-refractivity contribution in [3.63, 3.8) is 0 Å². The van der Waals surface area contributed by atoms with E-state index in [0.29, 0.717) is 11.3 Å². The molecule has 4 aromatic rings. The molecule has 2 aliphatic rings. The predicted molar refractivity (Wildman–Crippen MR) is 199 cm³/mol. The first-order chi connectivity index (χ1) is 21.3. The predicted octanol–water partition coefficient (Wildman–Crippen LogP) is 6.17. The van der Waals surface area contributed by atoms with Crippen LogP contribution in [0.25, 0.3) is 21.9 Å². The number of benzene rings is 4. The molecule has 0 heterocycles. The first kappa shape index (κ1) is 42.1. The summed E-state index contributed by atoms with van der Waals surface area (Å²) in [5, 5.41) is 2.66. The van der Waals surface area contributed by atoms with E-state index in [-0.39, 0.29) is 35.6 Å². The molecule has 0 N–H and O–H groups in total. The van der Waals surface area contributed by atoms with Crippen LogP contribution in [0.3, 0.4) is 0 Å². The number of aryl methyl sites for hydroxylation is 2. The van der Waals surface area contributed by atoms with Crippen LogP contribution in [0, 0.1) is 37.3 Å². The molecule has 1 unspecified atom stereocenters. The molecule has 4 aromatic carbocycles. The Kier molecular flexibility index (Phi) is 14.3. The van der Waals surface area contributed by atoms with Crippen molar-refractivity contribution in [2.45, 2.75) is 107 Å². The summed E-state index contributed by atoms with van der Waals surface area (Å²) in [6, 6.07) is 26.1. The van der Waals surface area contributed by atoms with Gasteiger partial charge in [0, 0.05) is 0 Å². The van der Waals surface area contributed by atoms with Crippen LogP contribution >= 0.6 is 0 Å². The van der Waals surface area contributed by atoms with Gasteiger partial charge in [-0.25, -0.2) is 6.08 Å². The monoisotopic (exact) mass is 754 g/mol. The maximum atomic E-state index is 3.69. The van der Waals surface area contributed by atoms with Gasteiger partial charge in [-0.15, -0.1) is 16.7 Å². The molecule has 0 fully saturated rings. The molecular weight excluding hydrogens is 703 g/mol. The number of hydrogen-bond donors (Lipinski definition) is 0. The minimum atomic E-state index is 0. The summed E-state index contributed by atoms with van der Waals surface area (Å²) in [4.78, 5) is 0.